The van der Waals surface area contributed by atoms with E-state index in [-0.39, 0.29) is 29.5 Å². The molecule has 0 amide bonds. The highest BCUT2D eigenvalue weighted by atomic mass is 28.4. The Labute approximate surface area is 269 Å². The molecule has 2 fully saturated rings. The molecular formula is C39H46O5Si. The molecule has 6 rings (SSSR count). The van der Waals surface area contributed by atoms with Crippen LogP contribution in [0.2, 0.25) is 5.04 Å². The highest BCUT2D eigenvalue weighted by Gasteiger charge is 2.68. The number of fused-ring (bicyclic) bond motifs is 1. The van der Waals surface area contributed by atoms with Crippen molar-refractivity contribution in [1.82, 2.24) is 0 Å². The monoisotopic (exact) mass is 622 g/mol. The third-order valence-electron chi connectivity index (χ3n) is 9.34. The van der Waals surface area contributed by atoms with Gasteiger partial charge in [-0.05, 0) is 39.9 Å². The second-order valence-corrected chi connectivity index (χ2v) is 17.8. The quantitative estimate of drug-likeness (QED) is 0.0946. The maximum Gasteiger partial charge on any atom is 0.261 e. The zero-order chi connectivity index (χ0) is 31.3. The number of hydrogen-bond acceptors (Lipinski definition) is 5. The van der Waals surface area contributed by atoms with Crippen LogP contribution in [-0.2, 0) is 36.6 Å². The molecule has 0 aliphatic carbocycles. The average Bonchev–Trinajstić information content (AvgIpc) is 3.77. The van der Waals surface area contributed by atoms with Gasteiger partial charge in [-0.25, -0.2) is 0 Å². The van der Waals surface area contributed by atoms with Gasteiger partial charge >= 0.3 is 0 Å². The van der Waals surface area contributed by atoms with E-state index in [0.29, 0.717) is 32.8 Å². The van der Waals surface area contributed by atoms with Crippen LogP contribution < -0.4 is 10.4 Å². The molecule has 4 aromatic carbocycles. The van der Waals surface area contributed by atoms with E-state index in [4.69, 9.17) is 23.4 Å². The molecule has 6 heteroatoms. The van der Waals surface area contributed by atoms with E-state index in [9.17, 15) is 0 Å². The minimum Gasteiger partial charge on any atom is -0.405 e. The summed E-state index contributed by atoms with van der Waals surface area (Å²) in [6, 6.07) is 42.1. The first-order chi connectivity index (χ1) is 21.8. The van der Waals surface area contributed by atoms with Crippen molar-refractivity contribution in [2.75, 3.05) is 13.2 Å². The van der Waals surface area contributed by atoms with Gasteiger partial charge in [0.05, 0.1) is 25.9 Å². The summed E-state index contributed by atoms with van der Waals surface area (Å²) < 4.78 is 33.4. The minimum atomic E-state index is -2.74. The summed E-state index contributed by atoms with van der Waals surface area (Å²) in [7, 11) is -2.74. The fraction of sp³-hybridized carbons (Fsp3) is 0.385. The molecular weight excluding hydrogens is 577 g/mol. The van der Waals surface area contributed by atoms with Crippen molar-refractivity contribution < 1.29 is 23.4 Å². The zero-order valence-electron chi connectivity index (χ0n) is 26.9. The highest BCUT2D eigenvalue weighted by molar-refractivity contribution is 6.99. The van der Waals surface area contributed by atoms with Gasteiger partial charge in [-0.1, -0.05) is 142 Å². The topological polar surface area (TPSA) is 49.5 Å². The van der Waals surface area contributed by atoms with E-state index in [0.717, 1.165) is 11.1 Å². The van der Waals surface area contributed by atoms with Gasteiger partial charge in [0.15, 0.2) is 0 Å². The van der Waals surface area contributed by atoms with Crippen LogP contribution in [0.5, 0.6) is 0 Å². The minimum absolute atomic E-state index is 0.0677. The van der Waals surface area contributed by atoms with Gasteiger partial charge in [0.2, 0.25) is 0 Å². The lowest BCUT2D eigenvalue weighted by Crippen LogP contribution is -2.67. The number of rotatable bonds is 13. The van der Waals surface area contributed by atoms with Crippen LogP contribution in [0.25, 0.3) is 0 Å². The van der Waals surface area contributed by atoms with Gasteiger partial charge in [-0.15, -0.1) is 0 Å². The molecule has 45 heavy (non-hydrogen) atoms. The summed E-state index contributed by atoms with van der Waals surface area (Å²) in [5.41, 5.74) is 1.82. The predicted molar refractivity (Wildman–Crippen MR) is 181 cm³/mol. The largest absolute Gasteiger partial charge is 0.405 e. The van der Waals surface area contributed by atoms with Gasteiger partial charge in [0.25, 0.3) is 8.32 Å². The van der Waals surface area contributed by atoms with Crippen LogP contribution in [0.4, 0.5) is 0 Å². The molecule has 2 saturated heterocycles. The van der Waals surface area contributed by atoms with E-state index >= 15 is 0 Å². The van der Waals surface area contributed by atoms with Crippen molar-refractivity contribution in [2.45, 2.75) is 82.4 Å². The Morgan fingerprint density at radius 3 is 1.76 bits per heavy atom. The fourth-order valence-corrected chi connectivity index (χ4v) is 11.4. The predicted octanol–water partition coefficient (Wildman–Crippen LogP) is 6.68. The van der Waals surface area contributed by atoms with Crippen molar-refractivity contribution in [3.63, 3.8) is 0 Å². The van der Waals surface area contributed by atoms with Gasteiger partial charge in [-0.2, -0.15) is 0 Å². The summed E-state index contributed by atoms with van der Waals surface area (Å²) >= 11 is 0. The molecule has 0 aromatic heterocycles. The summed E-state index contributed by atoms with van der Waals surface area (Å²) in [5, 5.41) is 2.39. The Morgan fingerprint density at radius 1 is 0.711 bits per heavy atom. The van der Waals surface area contributed by atoms with E-state index in [1.165, 1.54) is 10.4 Å². The van der Waals surface area contributed by atoms with Gasteiger partial charge < -0.3 is 23.4 Å². The van der Waals surface area contributed by atoms with Crippen LogP contribution in [0.15, 0.2) is 121 Å². The van der Waals surface area contributed by atoms with Crippen molar-refractivity contribution in [1.29, 1.82) is 0 Å². The molecule has 2 heterocycles. The first-order valence-corrected chi connectivity index (χ1v) is 18.1. The van der Waals surface area contributed by atoms with E-state index in [1.807, 2.05) is 36.4 Å². The molecule has 2 aliphatic rings. The first-order valence-electron chi connectivity index (χ1n) is 16.2. The van der Waals surface area contributed by atoms with E-state index in [2.05, 4.69) is 113 Å². The third-order valence-corrected chi connectivity index (χ3v) is 14.3. The lowest BCUT2D eigenvalue weighted by Gasteiger charge is -2.45. The standard InChI is InChI=1S/C39H46O5Si/c1-38(2,3)45(32-21-13-7-14-22-32,33-23-15-8-16-24-33)42-29-35-39(4)37(44-39)36(41-28-31-19-11-6-12-20-31)34(43-35)25-26-40-27-30-17-9-5-10-18-30/h5-24,34-37H,25-29H2,1-4H3/t34-,35+,36-,37+,39-/m0/s1. The molecule has 0 spiro atoms. The van der Waals surface area contributed by atoms with Crippen LogP contribution in [0.3, 0.4) is 0 Å². The van der Waals surface area contributed by atoms with Crippen LogP contribution in [0, 0.1) is 0 Å². The number of ether oxygens (including phenoxy) is 4. The Bertz CT molecular complexity index is 1440. The van der Waals surface area contributed by atoms with Crippen LogP contribution >= 0.6 is 0 Å². The highest BCUT2D eigenvalue weighted by Crippen LogP contribution is 2.50. The van der Waals surface area contributed by atoms with Crippen molar-refractivity contribution in [3.8, 4) is 0 Å². The third kappa shape index (κ3) is 6.87. The summed E-state index contributed by atoms with van der Waals surface area (Å²) in [6.45, 7) is 11.1. The average molecular weight is 623 g/mol. The summed E-state index contributed by atoms with van der Waals surface area (Å²) in [4.78, 5) is 0. The molecule has 2 aliphatic heterocycles. The maximum atomic E-state index is 7.33. The molecule has 0 saturated carbocycles. The van der Waals surface area contributed by atoms with Crippen molar-refractivity contribution in [3.05, 3.63) is 132 Å². The molecule has 5 nitrogen and oxygen atoms in total. The van der Waals surface area contributed by atoms with Gasteiger partial charge in [-0.3, -0.25) is 0 Å². The second kappa shape index (κ2) is 13.7. The second-order valence-electron chi connectivity index (χ2n) is 13.4. The normalized spacial score (nSPS) is 24.6. The Hall–Kier alpha value is -3.10. The Balaban J connectivity index is 1.22. The molecule has 236 valence electrons. The molecule has 0 bridgehead atoms. The SMILES string of the molecule is CC(C)(C)[Si](OC[C@H]1O[C@@H](CCOCc2ccccc2)[C@H](OCc2ccccc2)[C@H]2O[C@]21C)(c1ccccc1)c1ccccc1. The molecule has 0 unspecified atom stereocenters. The number of epoxide rings is 1. The van der Waals surface area contributed by atoms with E-state index in [1.54, 1.807) is 0 Å². The van der Waals surface area contributed by atoms with E-state index < -0.39 is 13.9 Å². The van der Waals surface area contributed by atoms with Crippen molar-refractivity contribution >= 4 is 18.7 Å². The molecule has 0 radical (unpaired) electrons. The fourth-order valence-electron chi connectivity index (χ4n) is 6.83. The molecule has 5 atom stereocenters. The first kappa shape index (κ1) is 31.9. The van der Waals surface area contributed by atoms with Gasteiger partial charge in [0, 0.05) is 6.61 Å². The lowest BCUT2D eigenvalue weighted by atomic mass is 9.90. The summed E-state index contributed by atoms with van der Waals surface area (Å²) in [6.07, 6.45) is 0.0249. The summed E-state index contributed by atoms with van der Waals surface area (Å²) in [5.74, 6) is 0. The van der Waals surface area contributed by atoms with Crippen molar-refractivity contribution in [2.24, 2.45) is 0 Å². The molecule has 4 aromatic rings. The number of benzene rings is 4. The van der Waals surface area contributed by atoms with Crippen LogP contribution in [-0.4, -0.2) is 51.5 Å². The molecule has 0 N–H and O–H groups in total. The van der Waals surface area contributed by atoms with Crippen LogP contribution in [0.1, 0.15) is 45.2 Å². The lowest BCUT2D eigenvalue weighted by molar-refractivity contribution is -0.156. The Kier molecular flexibility index (Phi) is 9.71. The smallest absolute Gasteiger partial charge is 0.261 e. The zero-order valence-corrected chi connectivity index (χ0v) is 27.9. The maximum absolute atomic E-state index is 7.33. The van der Waals surface area contributed by atoms with Gasteiger partial charge in [0.1, 0.15) is 23.9 Å². The number of hydrogen-bond donors (Lipinski definition) is 0. The Morgan fingerprint density at radius 2 is 1.22 bits per heavy atom.